The molecule has 2 aromatic rings. The predicted molar refractivity (Wildman–Crippen MR) is 130 cm³/mol. The lowest BCUT2D eigenvalue weighted by Crippen LogP contribution is -2.27. The first kappa shape index (κ1) is 28.8. The van der Waals surface area contributed by atoms with Crippen LogP contribution in [0.2, 0.25) is 0 Å². The standard InChI is InChI=1S/C21H22N4O5.CH4O3S/c1-25(2)18(26)13-29-19(27)12-5-14-3-10-17(11-4-14)30-20(28)15-6-8-16(9-7-15)24-21(22)23;1-5(2,3)4/h3-12H,13H2,1-2H3,(H4,22,23,24);1H3,(H,2,3,4). The third-order valence-corrected chi connectivity index (χ3v) is 3.74. The molecule has 0 saturated carbocycles. The highest BCUT2D eigenvalue weighted by Crippen LogP contribution is 2.16. The molecule has 0 spiro atoms. The minimum atomic E-state index is -3.67. The van der Waals surface area contributed by atoms with Crippen molar-refractivity contribution < 1.29 is 36.8 Å². The van der Waals surface area contributed by atoms with Gasteiger partial charge in [0.2, 0.25) is 0 Å². The van der Waals surface area contributed by atoms with Gasteiger partial charge in [0.1, 0.15) is 5.75 Å². The van der Waals surface area contributed by atoms with Crippen molar-refractivity contribution in [2.75, 3.05) is 32.3 Å². The molecule has 1 amide bonds. The Kier molecular flexibility index (Phi) is 11.1. The Morgan fingerprint density at radius 1 is 1.09 bits per heavy atom. The van der Waals surface area contributed by atoms with Crippen molar-refractivity contribution in [1.29, 1.82) is 5.41 Å². The smallest absolute Gasteiger partial charge is 0.343 e. The van der Waals surface area contributed by atoms with Gasteiger partial charge in [-0.1, -0.05) is 12.1 Å². The van der Waals surface area contributed by atoms with E-state index in [1.807, 2.05) is 0 Å². The number of anilines is 1. The number of nitrogens with zero attached hydrogens (tertiary/aromatic N) is 1. The summed E-state index contributed by atoms with van der Waals surface area (Å²) in [6.45, 7) is -0.323. The summed E-state index contributed by atoms with van der Waals surface area (Å²) in [5.74, 6) is -1.35. The molecule has 35 heavy (non-hydrogen) atoms. The highest BCUT2D eigenvalue weighted by atomic mass is 32.2. The second-order valence-corrected chi connectivity index (χ2v) is 8.50. The Labute approximate surface area is 202 Å². The van der Waals surface area contributed by atoms with Crippen molar-refractivity contribution in [2.45, 2.75) is 0 Å². The van der Waals surface area contributed by atoms with E-state index in [1.165, 1.54) is 17.1 Å². The fraction of sp³-hybridized carbons (Fsp3) is 0.182. The van der Waals surface area contributed by atoms with E-state index in [9.17, 15) is 22.8 Å². The molecule has 0 aliphatic rings. The highest BCUT2D eigenvalue weighted by Gasteiger charge is 2.09. The quantitative estimate of drug-likeness (QED) is 0.107. The van der Waals surface area contributed by atoms with E-state index in [-0.39, 0.29) is 18.5 Å². The van der Waals surface area contributed by atoms with E-state index in [0.29, 0.717) is 28.8 Å². The van der Waals surface area contributed by atoms with E-state index in [1.54, 1.807) is 62.6 Å². The Bertz CT molecular complexity index is 1170. The molecule has 5 N–H and O–H groups in total. The monoisotopic (exact) mass is 506 g/mol. The second kappa shape index (κ2) is 13.5. The van der Waals surface area contributed by atoms with Crippen LogP contribution in [0.5, 0.6) is 5.75 Å². The van der Waals surface area contributed by atoms with Crippen LogP contribution in [-0.2, 0) is 24.4 Å². The molecule has 2 aromatic carbocycles. The van der Waals surface area contributed by atoms with Crippen molar-refractivity contribution in [3.8, 4) is 5.75 Å². The van der Waals surface area contributed by atoms with Crippen molar-refractivity contribution in [3.63, 3.8) is 0 Å². The molecule has 0 bridgehead atoms. The summed E-state index contributed by atoms with van der Waals surface area (Å²) in [4.78, 5) is 36.5. The topological polar surface area (TPSA) is 189 Å². The van der Waals surface area contributed by atoms with Gasteiger partial charge in [-0.3, -0.25) is 14.8 Å². The first-order chi connectivity index (χ1) is 16.2. The number of carbonyl (C=O) groups is 3. The van der Waals surface area contributed by atoms with E-state index in [4.69, 9.17) is 25.2 Å². The number of rotatable bonds is 7. The second-order valence-electron chi connectivity index (χ2n) is 7.04. The summed E-state index contributed by atoms with van der Waals surface area (Å²) in [6, 6.07) is 12.8. The number of ether oxygens (including phenoxy) is 2. The molecule has 0 fully saturated rings. The zero-order chi connectivity index (χ0) is 26.6. The third kappa shape index (κ3) is 13.2. The molecule has 188 valence electrons. The van der Waals surface area contributed by atoms with Gasteiger partial charge in [-0.05, 0) is 48.0 Å². The van der Waals surface area contributed by atoms with Gasteiger partial charge in [0, 0.05) is 25.9 Å². The van der Waals surface area contributed by atoms with E-state index >= 15 is 0 Å². The van der Waals surface area contributed by atoms with Crippen LogP contribution in [-0.4, -0.2) is 68.6 Å². The number of guanidine groups is 1. The number of benzene rings is 2. The molecule has 12 nitrogen and oxygen atoms in total. The number of amides is 1. The summed E-state index contributed by atoms with van der Waals surface area (Å²) < 4.78 is 36.0. The van der Waals surface area contributed by atoms with Crippen molar-refractivity contribution >= 4 is 45.7 Å². The molecule has 2 rings (SSSR count). The summed E-state index contributed by atoms with van der Waals surface area (Å²) >= 11 is 0. The predicted octanol–water partition coefficient (Wildman–Crippen LogP) is 1.36. The summed E-state index contributed by atoms with van der Waals surface area (Å²) in [5, 5.41) is 9.79. The number of carbonyl (C=O) groups excluding carboxylic acids is 3. The van der Waals surface area contributed by atoms with Gasteiger partial charge in [-0.25, -0.2) is 9.59 Å². The van der Waals surface area contributed by atoms with Gasteiger partial charge in [-0.15, -0.1) is 0 Å². The molecule has 0 radical (unpaired) electrons. The van der Waals surface area contributed by atoms with Crippen LogP contribution in [0.3, 0.4) is 0 Å². The maximum Gasteiger partial charge on any atom is 0.343 e. The van der Waals surface area contributed by atoms with Crippen LogP contribution in [0.1, 0.15) is 15.9 Å². The molecule has 0 saturated heterocycles. The minimum absolute atomic E-state index is 0.199. The van der Waals surface area contributed by atoms with E-state index < -0.39 is 22.1 Å². The fourth-order valence-corrected chi connectivity index (χ4v) is 2.13. The van der Waals surface area contributed by atoms with Crippen LogP contribution in [0, 0.1) is 5.41 Å². The molecule has 0 aliphatic carbocycles. The maximum atomic E-state index is 12.2. The van der Waals surface area contributed by atoms with Gasteiger partial charge in [-0.2, -0.15) is 8.42 Å². The van der Waals surface area contributed by atoms with Crippen molar-refractivity contribution in [2.24, 2.45) is 5.73 Å². The lowest BCUT2D eigenvalue weighted by atomic mass is 10.2. The zero-order valence-electron chi connectivity index (χ0n) is 19.2. The van der Waals surface area contributed by atoms with Crippen LogP contribution in [0.15, 0.2) is 54.6 Å². The largest absolute Gasteiger partial charge is 0.452 e. The van der Waals surface area contributed by atoms with Crippen molar-refractivity contribution in [3.05, 3.63) is 65.7 Å². The lowest BCUT2D eigenvalue weighted by molar-refractivity contribution is -0.146. The Hall–Kier alpha value is -4.23. The number of hydrogen-bond acceptors (Lipinski definition) is 8. The minimum Gasteiger partial charge on any atom is -0.452 e. The van der Waals surface area contributed by atoms with E-state index in [2.05, 4.69) is 5.32 Å². The summed E-state index contributed by atoms with van der Waals surface area (Å²) in [6.07, 6.45) is 3.45. The molecule has 0 atom stereocenters. The first-order valence-corrected chi connectivity index (χ1v) is 11.6. The summed E-state index contributed by atoms with van der Waals surface area (Å²) in [5.41, 5.74) is 6.85. The molecule has 0 aliphatic heterocycles. The lowest BCUT2D eigenvalue weighted by Gasteiger charge is -2.09. The molecular weight excluding hydrogens is 480 g/mol. The van der Waals surface area contributed by atoms with Gasteiger partial charge in [0.25, 0.3) is 16.0 Å². The normalized spacial score (nSPS) is 10.5. The average Bonchev–Trinajstić information content (AvgIpc) is 2.75. The number of esters is 2. The SMILES string of the molecule is CN(C)C(=O)COC(=O)C=Cc1ccc(OC(=O)c2ccc(NC(=N)N)cc2)cc1.CS(=O)(=O)O. The molecule has 13 heteroatoms. The van der Waals surface area contributed by atoms with E-state index in [0.717, 1.165) is 0 Å². The number of likely N-dealkylation sites (N-methyl/N-ethyl adjacent to an activating group) is 1. The third-order valence-electron chi connectivity index (χ3n) is 3.74. The van der Waals surface area contributed by atoms with Gasteiger partial charge in [0.05, 0.1) is 11.8 Å². The number of nitrogens with two attached hydrogens (primary N) is 1. The first-order valence-electron chi connectivity index (χ1n) is 9.75. The van der Waals surface area contributed by atoms with Crippen LogP contribution < -0.4 is 15.8 Å². The zero-order valence-corrected chi connectivity index (χ0v) is 20.0. The number of hydrogen-bond donors (Lipinski definition) is 4. The van der Waals surface area contributed by atoms with Gasteiger partial charge in [0.15, 0.2) is 12.6 Å². The highest BCUT2D eigenvalue weighted by molar-refractivity contribution is 7.85. The maximum absolute atomic E-state index is 12.2. The van der Waals surface area contributed by atoms with Gasteiger partial charge < -0.3 is 25.4 Å². The van der Waals surface area contributed by atoms with Gasteiger partial charge >= 0.3 is 11.9 Å². The Morgan fingerprint density at radius 2 is 1.63 bits per heavy atom. The van der Waals surface area contributed by atoms with Crippen LogP contribution in [0.4, 0.5) is 5.69 Å². The van der Waals surface area contributed by atoms with Crippen LogP contribution >= 0.6 is 0 Å². The summed E-state index contributed by atoms with van der Waals surface area (Å²) in [7, 11) is -0.525. The molecule has 0 unspecified atom stereocenters. The Balaban J connectivity index is 0.00000111. The Morgan fingerprint density at radius 3 is 2.11 bits per heavy atom. The van der Waals surface area contributed by atoms with Crippen molar-refractivity contribution in [1.82, 2.24) is 4.90 Å². The molecule has 0 heterocycles. The van der Waals surface area contributed by atoms with Crippen LogP contribution in [0.25, 0.3) is 6.08 Å². The molecule has 0 aromatic heterocycles. The average molecular weight is 507 g/mol. The number of nitrogens with one attached hydrogen (secondary N) is 2. The molecular formula is C22H26N4O8S. The fourth-order valence-electron chi connectivity index (χ4n) is 2.13.